The maximum Gasteiger partial charge on any atom is 0.237 e. The van der Waals surface area contributed by atoms with Crippen molar-refractivity contribution in [1.82, 2.24) is 9.38 Å². The maximum absolute atomic E-state index is 12.4. The van der Waals surface area contributed by atoms with Gasteiger partial charge in [0.05, 0.1) is 17.0 Å². The van der Waals surface area contributed by atoms with Crippen LogP contribution in [0.25, 0.3) is 5.52 Å². The molecule has 23 heavy (non-hydrogen) atoms. The number of nitrogens with one attached hydrogen (secondary N) is 1. The first kappa shape index (κ1) is 15.9. The van der Waals surface area contributed by atoms with Gasteiger partial charge in [0.2, 0.25) is 5.91 Å². The van der Waals surface area contributed by atoms with Gasteiger partial charge in [0.25, 0.3) is 0 Å². The molecule has 6 heteroatoms. The van der Waals surface area contributed by atoms with Crippen LogP contribution < -0.4 is 5.32 Å². The number of anilines is 1. The van der Waals surface area contributed by atoms with Gasteiger partial charge in [0, 0.05) is 16.9 Å². The van der Waals surface area contributed by atoms with Crippen LogP contribution in [0.15, 0.2) is 53.9 Å². The summed E-state index contributed by atoms with van der Waals surface area (Å²) in [5.41, 5.74) is 2.72. The number of aryl methyl sites for hydroxylation is 1. The number of hydrogen-bond acceptors (Lipinski definition) is 3. The van der Waals surface area contributed by atoms with E-state index in [0.717, 1.165) is 21.9 Å². The number of nitrogens with zero attached hydrogens (tertiary/aromatic N) is 2. The highest BCUT2D eigenvalue weighted by atomic mass is 35.5. The van der Waals surface area contributed by atoms with E-state index in [1.165, 1.54) is 11.8 Å². The second-order valence-corrected chi connectivity index (χ2v) is 6.99. The first-order valence-electron chi connectivity index (χ1n) is 7.20. The molecule has 1 atom stereocenters. The lowest BCUT2D eigenvalue weighted by molar-refractivity contribution is -0.115. The standard InChI is InChI=1S/C17H16ClN3OS/c1-11-6-7-13(18)9-15(11)20-16(22)12(2)23-17-19-10-14-5-3-4-8-21(14)17/h3-10,12H,1-2H3,(H,20,22). The largest absolute Gasteiger partial charge is 0.325 e. The third kappa shape index (κ3) is 3.51. The van der Waals surface area contributed by atoms with Crippen LogP contribution in [0.4, 0.5) is 5.69 Å². The van der Waals surface area contributed by atoms with Crippen LogP contribution in [0, 0.1) is 6.92 Å². The number of thioether (sulfide) groups is 1. The van der Waals surface area contributed by atoms with Crippen LogP contribution in [0.1, 0.15) is 12.5 Å². The second kappa shape index (κ2) is 6.64. The van der Waals surface area contributed by atoms with Crippen LogP contribution in [-0.2, 0) is 4.79 Å². The molecule has 0 fully saturated rings. The molecule has 0 aliphatic rings. The molecule has 4 nitrogen and oxygen atoms in total. The van der Waals surface area contributed by atoms with E-state index in [-0.39, 0.29) is 11.2 Å². The molecule has 1 unspecified atom stereocenters. The molecule has 0 radical (unpaired) electrons. The first-order chi connectivity index (χ1) is 11.0. The molecule has 2 heterocycles. The number of aromatic nitrogens is 2. The smallest absolute Gasteiger partial charge is 0.237 e. The monoisotopic (exact) mass is 345 g/mol. The van der Waals surface area contributed by atoms with Gasteiger partial charge in [-0.3, -0.25) is 9.20 Å². The minimum absolute atomic E-state index is 0.0759. The van der Waals surface area contributed by atoms with E-state index < -0.39 is 0 Å². The number of rotatable bonds is 4. The van der Waals surface area contributed by atoms with Crippen molar-refractivity contribution in [3.63, 3.8) is 0 Å². The van der Waals surface area contributed by atoms with E-state index in [9.17, 15) is 4.79 Å². The van der Waals surface area contributed by atoms with Crippen LogP contribution in [0.3, 0.4) is 0 Å². The maximum atomic E-state index is 12.4. The highest BCUT2D eigenvalue weighted by Crippen LogP contribution is 2.25. The summed E-state index contributed by atoms with van der Waals surface area (Å²) < 4.78 is 1.97. The molecular weight excluding hydrogens is 330 g/mol. The summed E-state index contributed by atoms with van der Waals surface area (Å²) in [5.74, 6) is -0.0759. The van der Waals surface area contributed by atoms with E-state index in [4.69, 9.17) is 11.6 Å². The van der Waals surface area contributed by atoms with E-state index in [0.29, 0.717) is 5.02 Å². The quantitative estimate of drug-likeness (QED) is 0.712. The molecule has 0 aliphatic carbocycles. The van der Waals surface area contributed by atoms with Crippen molar-refractivity contribution in [2.24, 2.45) is 0 Å². The molecule has 1 N–H and O–H groups in total. The summed E-state index contributed by atoms with van der Waals surface area (Å²) >= 11 is 7.41. The van der Waals surface area contributed by atoms with E-state index >= 15 is 0 Å². The van der Waals surface area contributed by atoms with Crippen LogP contribution in [0.5, 0.6) is 0 Å². The van der Waals surface area contributed by atoms with Gasteiger partial charge in [-0.2, -0.15) is 0 Å². The van der Waals surface area contributed by atoms with Gasteiger partial charge in [-0.1, -0.05) is 35.5 Å². The number of hydrogen-bond donors (Lipinski definition) is 1. The fourth-order valence-corrected chi connectivity index (χ4v) is 3.23. The number of imidazole rings is 1. The lowest BCUT2D eigenvalue weighted by Gasteiger charge is -2.13. The van der Waals surface area contributed by atoms with Gasteiger partial charge < -0.3 is 5.32 Å². The summed E-state index contributed by atoms with van der Waals surface area (Å²) in [6.07, 6.45) is 3.74. The molecule has 2 aromatic heterocycles. The Hall–Kier alpha value is -1.98. The van der Waals surface area contributed by atoms with E-state index in [2.05, 4.69) is 10.3 Å². The van der Waals surface area contributed by atoms with E-state index in [1.54, 1.807) is 18.3 Å². The summed E-state index contributed by atoms with van der Waals surface area (Å²) in [6, 6.07) is 11.3. The van der Waals surface area contributed by atoms with Gasteiger partial charge in [0.15, 0.2) is 5.16 Å². The first-order valence-corrected chi connectivity index (χ1v) is 8.46. The lowest BCUT2D eigenvalue weighted by atomic mass is 10.2. The average molecular weight is 346 g/mol. The Morgan fingerprint density at radius 2 is 2.17 bits per heavy atom. The predicted octanol–water partition coefficient (Wildman–Crippen LogP) is 4.42. The van der Waals surface area contributed by atoms with Gasteiger partial charge in [-0.05, 0) is 43.7 Å². The Labute approximate surface area is 143 Å². The minimum atomic E-state index is -0.279. The molecule has 1 aromatic carbocycles. The molecule has 0 spiro atoms. The number of carbonyl (C=O) groups is 1. The van der Waals surface area contributed by atoms with Crippen molar-refractivity contribution in [2.45, 2.75) is 24.3 Å². The fourth-order valence-electron chi connectivity index (χ4n) is 2.18. The highest BCUT2D eigenvalue weighted by Gasteiger charge is 2.18. The van der Waals surface area contributed by atoms with Crippen molar-refractivity contribution in [3.05, 3.63) is 59.4 Å². The molecular formula is C17H16ClN3OS. The zero-order chi connectivity index (χ0) is 16.4. The molecule has 0 saturated heterocycles. The Balaban J connectivity index is 1.74. The minimum Gasteiger partial charge on any atom is -0.325 e. The van der Waals surface area contributed by atoms with Gasteiger partial charge >= 0.3 is 0 Å². The number of amides is 1. The number of pyridine rings is 1. The highest BCUT2D eigenvalue weighted by molar-refractivity contribution is 8.00. The van der Waals surface area contributed by atoms with Crippen LogP contribution in [0.2, 0.25) is 5.02 Å². The van der Waals surface area contributed by atoms with Crippen molar-refractivity contribution in [3.8, 4) is 0 Å². The number of carbonyl (C=O) groups excluding carboxylic acids is 1. The fraction of sp³-hybridized carbons (Fsp3) is 0.176. The summed E-state index contributed by atoms with van der Waals surface area (Å²) in [5, 5.41) is 4.05. The third-order valence-electron chi connectivity index (χ3n) is 3.51. The Morgan fingerprint density at radius 1 is 1.35 bits per heavy atom. The normalized spacial score (nSPS) is 12.3. The van der Waals surface area contributed by atoms with Crippen molar-refractivity contribution < 1.29 is 4.79 Å². The van der Waals surface area contributed by atoms with Gasteiger partial charge in [0.1, 0.15) is 0 Å². The van der Waals surface area contributed by atoms with E-state index in [1.807, 2.05) is 48.7 Å². The van der Waals surface area contributed by atoms with Crippen molar-refractivity contribution >= 4 is 40.5 Å². The zero-order valence-electron chi connectivity index (χ0n) is 12.8. The molecule has 118 valence electrons. The Morgan fingerprint density at radius 3 is 3.00 bits per heavy atom. The third-order valence-corrected chi connectivity index (χ3v) is 4.83. The Kier molecular flexibility index (Phi) is 4.59. The lowest BCUT2D eigenvalue weighted by Crippen LogP contribution is -2.23. The van der Waals surface area contributed by atoms with Crippen molar-refractivity contribution in [1.29, 1.82) is 0 Å². The molecule has 3 rings (SSSR count). The second-order valence-electron chi connectivity index (χ2n) is 5.24. The number of fused-ring (bicyclic) bond motifs is 1. The van der Waals surface area contributed by atoms with Crippen LogP contribution in [-0.4, -0.2) is 20.5 Å². The number of halogens is 1. The number of benzene rings is 1. The van der Waals surface area contributed by atoms with Crippen LogP contribution >= 0.6 is 23.4 Å². The molecule has 0 aliphatic heterocycles. The average Bonchev–Trinajstić information content (AvgIpc) is 2.94. The summed E-state index contributed by atoms with van der Waals surface area (Å²) in [7, 11) is 0. The topological polar surface area (TPSA) is 46.4 Å². The van der Waals surface area contributed by atoms with Gasteiger partial charge in [-0.15, -0.1) is 0 Å². The summed E-state index contributed by atoms with van der Waals surface area (Å²) in [4.78, 5) is 16.8. The SMILES string of the molecule is Cc1ccc(Cl)cc1NC(=O)C(C)Sc1ncc2ccccn12. The zero-order valence-corrected chi connectivity index (χ0v) is 14.4. The predicted molar refractivity (Wildman–Crippen MR) is 95.3 cm³/mol. The Bertz CT molecular complexity index is 862. The molecule has 0 bridgehead atoms. The molecule has 0 saturated carbocycles. The summed E-state index contributed by atoms with van der Waals surface area (Å²) in [6.45, 7) is 3.80. The molecule has 3 aromatic rings. The van der Waals surface area contributed by atoms with Gasteiger partial charge in [-0.25, -0.2) is 4.98 Å². The van der Waals surface area contributed by atoms with Crippen molar-refractivity contribution in [2.75, 3.05) is 5.32 Å². The molecule has 1 amide bonds.